The van der Waals surface area contributed by atoms with Gasteiger partial charge >= 0.3 is 0 Å². The molecule has 1 aliphatic rings. The Hall–Kier alpha value is -3.58. The fourth-order valence-corrected chi connectivity index (χ4v) is 4.40. The summed E-state index contributed by atoms with van der Waals surface area (Å²) in [6.07, 6.45) is 2.49. The minimum atomic E-state index is 0.207. The molecule has 0 saturated carbocycles. The average Bonchev–Trinajstić information content (AvgIpc) is 3.45. The number of hydrogen-bond donors (Lipinski definition) is 1. The number of rotatable bonds is 7. The van der Waals surface area contributed by atoms with E-state index in [0.29, 0.717) is 19.5 Å². The van der Waals surface area contributed by atoms with Crippen LogP contribution < -0.4 is 10.2 Å². The van der Waals surface area contributed by atoms with E-state index in [1.807, 2.05) is 54.5 Å². The summed E-state index contributed by atoms with van der Waals surface area (Å²) in [6.45, 7) is 4.56. The second kappa shape index (κ2) is 9.50. The van der Waals surface area contributed by atoms with Crippen molar-refractivity contribution >= 4 is 22.6 Å². The monoisotopic (exact) mass is 443 g/mol. The molecule has 1 amide bonds. The molecule has 170 valence electrons. The summed E-state index contributed by atoms with van der Waals surface area (Å²) in [6, 6.07) is 20.4. The molecule has 1 saturated heterocycles. The van der Waals surface area contributed by atoms with Crippen LogP contribution in [-0.2, 0) is 18.4 Å². The molecule has 0 atom stereocenters. The van der Waals surface area contributed by atoms with Crippen molar-refractivity contribution in [2.45, 2.75) is 13.0 Å². The molecule has 0 bridgehead atoms. The molecule has 33 heavy (non-hydrogen) atoms. The Balaban J connectivity index is 1.12. The van der Waals surface area contributed by atoms with E-state index in [1.165, 1.54) is 5.69 Å². The van der Waals surface area contributed by atoms with Crippen molar-refractivity contribution in [2.75, 3.05) is 37.6 Å². The zero-order valence-corrected chi connectivity index (χ0v) is 18.9. The van der Waals surface area contributed by atoms with Gasteiger partial charge in [-0.25, -0.2) is 0 Å². The van der Waals surface area contributed by atoms with Gasteiger partial charge < -0.3 is 19.5 Å². The van der Waals surface area contributed by atoms with E-state index in [2.05, 4.69) is 39.6 Å². The first-order valence-electron chi connectivity index (χ1n) is 11.5. The first-order valence-corrected chi connectivity index (χ1v) is 11.5. The van der Waals surface area contributed by atoms with Crippen LogP contribution in [0.1, 0.15) is 12.0 Å². The van der Waals surface area contributed by atoms with Crippen molar-refractivity contribution in [3.63, 3.8) is 0 Å². The van der Waals surface area contributed by atoms with E-state index in [4.69, 9.17) is 4.42 Å². The lowest BCUT2D eigenvalue weighted by Crippen LogP contribution is -2.49. The molecule has 1 N–H and O–H groups in total. The predicted molar refractivity (Wildman–Crippen MR) is 130 cm³/mol. The number of carbonyl (C=O) groups excluding carboxylic acids is 1. The highest BCUT2D eigenvalue weighted by Crippen LogP contribution is 2.29. The van der Waals surface area contributed by atoms with Gasteiger partial charge in [-0.05, 0) is 24.3 Å². The Labute approximate surface area is 193 Å². The Bertz CT molecular complexity index is 1190. The average molecular weight is 444 g/mol. The molecule has 0 unspecified atom stereocenters. The second-order valence-electron chi connectivity index (χ2n) is 8.46. The number of nitrogens with one attached hydrogen (secondary N) is 1. The SMILES string of the molecule is Cn1cc(CNCCC(=O)N2CCN(c3ccccc3)CC2)c(-c2cc3ccccc3o2)n1. The number of hydrogen-bond acceptors (Lipinski definition) is 5. The van der Waals surface area contributed by atoms with Crippen LogP contribution in [0.4, 0.5) is 5.69 Å². The molecule has 3 heterocycles. The van der Waals surface area contributed by atoms with Crippen LogP contribution in [0.3, 0.4) is 0 Å². The van der Waals surface area contributed by atoms with Crippen molar-refractivity contribution in [2.24, 2.45) is 7.05 Å². The van der Waals surface area contributed by atoms with Crippen LogP contribution in [0.25, 0.3) is 22.4 Å². The molecule has 1 aliphatic heterocycles. The fourth-order valence-electron chi connectivity index (χ4n) is 4.40. The van der Waals surface area contributed by atoms with E-state index in [1.54, 1.807) is 4.68 Å². The number of carbonyl (C=O) groups is 1. The Kier molecular flexibility index (Phi) is 6.13. The van der Waals surface area contributed by atoms with Crippen LogP contribution in [0, 0.1) is 0 Å². The summed E-state index contributed by atoms with van der Waals surface area (Å²) in [5.41, 5.74) is 3.98. The van der Waals surface area contributed by atoms with Crippen LogP contribution in [0.2, 0.25) is 0 Å². The summed E-state index contributed by atoms with van der Waals surface area (Å²) in [4.78, 5) is 17.0. The molecule has 1 fully saturated rings. The number of furan rings is 1. The zero-order chi connectivity index (χ0) is 22.6. The van der Waals surface area contributed by atoms with Crippen molar-refractivity contribution in [1.29, 1.82) is 0 Å². The van der Waals surface area contributed by atoms with Gasteiger partial charge in [-0.3, -0.25) is 9.48 Å². The van der Waals surface area contributed by atoms with E-state index in [-0.39, 0.29) is 5.91 Å². The van der Waals surface area contributed by atoms with E-state index in [0.717, 1.165) is 54.2 Å². The van der Waals surface area contributed by atoms with E-state index in [9.17, 15) is 4.79 Å². The Morgan fingerprint density at radius 3 is 2.58 bits per heavy atom. The third kappa shape index (κ3) is 4.78. The molecule has 7 nitrogen and oxygen atoms in total. The maximum Gasteiger partial charge on any atom is 0.223 e. The van der Waals surface area contributed by atoms with Gasteiger partial charge in [0.15, 0.2) is 5.76 Å². The molecule has 0 radical (unpaired) electrons. The second-order valence-corrected chi connectivity index (χ2v) is 8.46. The van der Waals surface area contributed by atoms with Crippen LogP contribution in [-0.4, -0.2) is 53.3 Å². The highest BCUT2D eigenvalue weighted by atomic mass is 16.3. The molecule has 0 spiro atoms. The highest BCUT2D eigenvalue weighted by Gasteiger charge is 2.21. The standard InChI is InChI=1S/C26H29N5O2/c1-29-19-21(26(28-29)24-17-20-7-5-6-10-23(20)33-24)18-27-12-11-25(32)31-15-13-30(14-16-31)22-8-3-2-4-9-22/h2-10,17,19,27H,11-16,18H2,1H3. The van der Waals surface area contributed by atoms with Gasteiger partial charge in [0, 0.05) is 75.6 Å². The Morgan fingerprint density at radius 2 is 1.79 bits per heavy atom. The quantitative estimate of drug-likeness (QED) is 0.442. The van der Waals surface area contributed by atoms with Crippen molar-refractivity contribution in [3.05, 3.63) is 72.4 Å². The Morgan fingerprint density at radius 1 is 1.03 bits per heavy atom. The number of aryl methyl sites for hydroxylation is 1. The van der Waals surface area contributed by atoms with E-state index >= 15 is 0 Å². The lowest BCUT2D eigenvalue weighted by Gasteiger charge is -2.36. The number of fused-ring (bicyclic) bond motifs is 1. The minimum absolute atomic E-state index is 0.207. The topological polar surface area (TPSA) is 66.5 Å². The van der Waals surface area contributed by atoms with Gasteiger partial charge in [0.1, 0.15) is 11.3 Å². The zero-order valence-electron chi connectivity index (χ0n) is 18.9. The predicted octanol–water partition coefficient (Wildman–Crippen LogP) is 3.66. The van der Waals surface area contributed by atoms with Gasteiger partial charge in [-0.2, -0.15) is 5.10 Å². The summed E-state index contributed by atoms with van der Waals surface area (Å²) in [7, 11) is 1.91. The number of nitrogens with zero attached hydrogens (tertiary/aromatic N) is 4. The molecule has 2 aromatic carbocycles. The van der Waals surface area contributed by atoms with Gasteiger partial charge in [0.2, 0.25) is 5.91 Å². The van der Waals surface area contributed by atoms with Crippen molar-refractivity contribution in [1.82, 2.24) is 20.0 Å². The lowest BCUT2D eigenvalue weighted by atomic mass is 10.2. The molecule has 0 aliphatic carbocycles. The van der Waals surface area contributed by atoms with Gasteiger partial charge in [-0.15, -0.1) is 0 Å². The smallest absolute Gasteiger partial charge is 0.223 e. The number of amides is 1. The molecular formula is C26H29N5O2. The largest absolute Gasteiger partial charge is 0.454 e. The normalized spacial score (nSPS) is 14.2. The molecule has 2 aromatic heterocycles. The van der Waals surface area contributed by atoms with Gasteiger partial charge in [0.05, 0.1) is 0 Å². The number of piperazine rings is 1. The van der Waals surface area contributed by atoms with Crippen molar-refractivity contribution in [3.8, 4) is 11.5 Å². The summed E-state index contributed by atoms with van der Waals surface area (Å²) in [5.74, 6) is 0.972. The first-order chi connectivity index (χ1) is 16.2. The van der Waals surface area contributed by atoms with Crippen LogP contribution in [0.15, 0.2) is 71.3 Å². The molecule has 7 heteroatoms. The number of aromatic nitrogens is 2. The lowest BCUT2D eigenvalue weighted by molar-refractivity contribution is -0.131. The van der Waals surface area contributed by atoms with E-state index < -0.39 is 0 Å². The third-order valence-electron chi connectivity index (χ3n) is 6.15. The summed E-state index contributed by atoms with van der Waals surface area (Å²) in [5, 5.41) is 9.07. The van der Waals surface area contributed by atoms with Gasteiger partial charge in [0.25, 0.3) is 0 Å². The number of para-hydroxylation sites is 2. The molecule has 5 rings (SSSR count). The van der Waals surface area contributed by atoms with Crippen LogP contribution in [0.5, 0.6) is 0 Å². The minimum Gasteiger partial charge on any atom is -0.454 e. The van der Waals surface area contributed by atoms with Crippen molar-refractivity contribution < 1.29 is 9.21 Å². The summed E-state index contributed by atoms with van der Waals surface area (Å²) < 4.78 is 7.81. The van der Waals surface area contributed by atoms with Crippen LogP contribution >= 0.6 is 0 Å². The number of benzene rings is 2. The maximum absolute atomic E-state index is 12.7. The molecule has 4 aromatic rings. The van der Waals surface area contributed by atoms with Gasteiger partial charge in [-0.1, -0.05) is 36.4 Å². The fraction of sp³-hybridized carbons (Fsp3) is 0.308. The third-order valence-corrected chi connectivity index (χ3v) is 6.15. The maximum atomic E-state index is 12.7. The molecular weight excluding hydrogens is 414 g/mol. The summed E-state index contributed by atoms with van der Waals surface area (Å²) >= 11 is 0. The highest BCUT2D eigenvalue weighted by molar-refractivity contribution is 5.82. The first kappa shape index (κ1) is 21.3. The number of anilines is 1.